The van der Waals surface area contributed by atoms with E-state index in [1.165, 1.54) is 32.1 Å². The molecule has 0 saturated heterocycles. The van der Waals surface area contributed by atoms with Crippen molar-refractivity contribution in [1.29, 1.82) is 0 Å². The molecule has 2 atom stereocenters. The van der Waals surface area contributed by atoms with Crippen LogP contribution in [-0.2, 0) is 0 Å². The van der Waals surface area contributed by atoms with Crippen LogP contribution in [0.15, 0.2) is 0 Å². The Hall–Kier alpha value is -0.0400. The zero-order valence-electron chi connectivity index (χ0n) is 8.77. The van der Waals surface area contributed by atoms with Crippen molar-refractivity contribution >= 4 is 0 Å². The lowest BCUT2D eigenvalue weighted by Gasteiger charge is -2.19. The van der Waals surface area contributed by atoms with Crippen molar-refractivity contribution in [3.63, 3.8) is 0 Å². The Morgan fingerprint density at radius 3 is 2.33 bits per heavy atom. The van der Waals surface area contributed by atoms with Crippen LogP contribution >= 0.6 is 0 Å². The molecular formula is C11H23N. The number of hydrogen-bond acceptors (Lipinski definition) is 1. The molecule has 1 saturated carbocycles. The van der Waals surface area contributed by atoms with Gasteiger partial charge in [0.1, 0.15) is 0 Å². The van der Waals surface area contributed by atoms with Gasteiger partial charge in [-0.2, -0.15) is 0 Å². The van der Waals surface area contributed by atoms with Gasteiger partial charge >= 0.3 is 0 Å². The molecule has 0 aromatic rings. The molecular weight excluding hydrogens is 146 g/mol. The minimum atomic E-state index is 0.785. The smallest absolute Gasteiger partial charge is 0.00708 e. The van der Waals surface area contributed by atoms with Crippen molar-refractivity contribution in [2.75, 3.05) is 0 Å². The van der Waals surface area contributed by atoms with Gasteiger partial charge in [-0.15, -0.1) is 0 Å². The van der Waals surface area contributed by atoms with Crippen molar-refractivity contribution in [2.45, 2.75) is 65.0 Å². The average molecular weight is 169 g/mol. The summed E-state index contributed by atoms with van der Waals surface area (Å²) in [5, 5.41) is 3.71. The largest absolute Gasteiger partial charge is 0.311 e. The van der Waals surface area contributed by atoms with Gasteiger partial charge in [-0.25, -0.2) is 0 Å². The first-order chi connectivity index (χ1) is 5.76. The van der Waals surface area contributed by atoms with E-state index in [1.54, 1.807) is 0 Å². The Morgan fingerprint density at radius 2 is 1.92 bits per heavy atom. The Bertz CT molecular complexity index is 118. The third-order valence-corrected chi connectivity index (χ3v) is 2.93. The summed E-state index contributed by atoms with van der Waals surface area (Å²) in [6, 6.07) is 1.66. The highest BCUT2D eigenvalue weighted by atomic mass is 15.0. The maximum absolute atomic E-state index is 3.71. The van der Waals surface area contributed by atoms with Crippen LogP contribution in [0.25, 0.3) is 0 Å². The van der Waals surface area contributed by atoms with Gasteiger partial charge in [0.2, 0.25) is 0 Å². The molecule has 1 heteroatoms. The summed E-state index contributed by atoms with van der Waals surface area (Å²) in [6.07, 6.45) is 6.81. The van der Waals surface area contributed by atoms with Crippen LogP contribution in [0.3, 0.4) is 0 Å². The van der Waals surface area contributed by atoms with Gasteiger partial charge in [0.25, 0.3) is 0 Å². The monoisotopic (exact) mass is 169 g/mol. The molecule has 1 N–H and O–H groups in total. The van der Waals surface area contributed by atoms with Crippen LogP contribution < -0.4 is 5.32 Å². The van der Waals surface area contributed by atoms with E-state index in [9.17, 15) is 0 Å². The summed E-state index contributed by atoms with van der Waals surface area (Å²) in [4.78, 5) is 0. The van der Waals surface area contributed by atoms with Gasteiger partial charge in [0.15, 0.2) is 0 Å². The molecule has 72 valence electrons. The van der Waals surface area contributed by atoms with Crippen LogP contribution in [0.5, 0.6) is 0 Å². The van der Waals surface area contributed by atoms with Crippen molar-refractivity contribution in [3.05, 3.63) is 0 Å². The zero-order valence-corrected chi connectivity index (χ0v) is 8.77. The SMILES string of the molecule is CCC(C)CC(CC)NC1CC1. The van der Waals surface area contributed by atoms with Crippen molar-refractivity contribution in [1.82, 2.24) is 5.32 Å². The molecule has 1 nitrogen and oxygen atoms in total. The molecule has 0 aliphatic heterocycles. The predicted molar refractivity (Wildman–Crippen MR) is 54.3 cm³/mol. The minimum Gasteiger partial charge on any atom is -0.311 e. The number of hydrogen-bond donors (Lipinski definition) is 1. The van der Waals surface area contributed by atoms with Gasteiger partial charge in [0.05, 0.1) is 0 Å². The molecule has 0 aromatic heterocycles. The molecule has 0 spiro atoms. The first-order valence-corrected chi connectivity index (χ1v) is 5.52. The Labute approximate surface area is 76.9 Å². The second-order valence-corrected chi connectivity index (χ2v) is 4.30. The van der Waals surface area contributed by atoms with Gasteiger partial charge in [-0.05, 0) is 31.6 Å². The van der Waals surface area contributed by atoms with Crippen molar-refractivity contribution in [2.24, 2.45) is 5.92 Å². The standard InChI is InChI=1S/C11H23N/c1-4-9(3)8-10(5-2)12-11-6-7-11/h9-12H,4-8H2,1-3H3. The number of nitrogens with one attached hydrogen (secondary N) is 1. The Kier molecular flexibility index (Phi) is 4.07. The maximum atomic E-state index is 3.71. The second kappa shape index (κ2) is 4.86. The summed E-state index contributed by atoms with van der Waals surface area (Å²) in [7, 11) is 0. The Morgan fingerprint density at radius 1 is 1.25 bits per heavy atom. The molecule has 1 aliphatic carbocycles. The van der Waals surface area contributed by atoms with E-state index in [1.807, 2.05) is 0 Å². The van der Waals surface area contributed by atoms with Crippen LogP contribution in [0, 0.1) is 5.92 Å². The molecule has 0 radical (unpaired) electrons. The molecule has 12 heavy (non-hydrogen) atoms. The highest BCUT2D eigenvalue weighted by molar-refractivity contribution is 4.84. The van der Waals surface area contributed by atoms with E-state index in [2.05, 4.69) is 26.1 Å². The summed E-state index contributed by atoms with van der Waals surface area (Å²) < 4.78 is 0. The van der Waals surface area contributed by atoms with E-state index >= 15 is 0 Å². The molecule has 1 rings (SSSR count). The first kappa shape index (κ1) is 10.0. The lowest BCUT2D eigenvalue weighted by Crippen LogP contribution is -2.31. The molecule has 1 fully saturated rings. The van der Waals surface area contributed by atoms with E-state index in [4.69, 9.17) is 0 Å². The van der Waals surface area contributed by atoms with Gasteiger partial charge < -0.3 is 5.32 Å². The molecule has 0 heterocycles. The lowest BCUT2D eigenvalue weighted by atomic mass is 9.98. The molecule has 0 amide bonds. The highest BCUT2D eigenvalue weighted by Crippen LogP contribution is 2.22. The average Bonchev–Trinajstić information content (AvgIpc) is 2.86. The fourth-order valence-electron chi connectivity index (χ4n) is 1.59. The van der Waals surface area contributed by atoms with Crippen molar-refractivity contribution in [3.8, 4) is 0 Å². The summed E-state index contributed by atoms with van der Waals surface area (Å²) in [5.41, 5.74) is 0. The summed E-state index contributed by atoms with van der Waals surface area (Å²) >= 11 is 0. The van der Waals surface area contributed by atoms with E-state index in [0.717, 1.165) is 18.0 Å². The fraction of sp³-hybridized carbons (Fsp3) is 1.00. The third-order valence-electron chi connectivity index (χ3n) is 2.93. The second-order valence-electron chi connectivity index (χ2n) is 4.30. The fourth-order valence-corrected chi connectivity index (χ4v) is 1.59. The van der Waals surface area contributed by atoms with E-state index < -0.39 is 0 Å². The van der Waals surface area contributed by atoms with E-state index in [0.29, 0.717) is 0 Å². The molecule has 0 bridgehead atoms. The normalized spacial score (nSPS) is 22.2. The topological polar surface area (TPSA) is 12.0 Å². The highest BCUT2D eigenvalue weighted by Gasteiger charge is 2.24. The first-order valence-electron chi connectivity index (χ1n) is 5.52. The van der Waals surface area contributed by atoms with Crippen LogP contribution in [0.1, 0.15) is 52.9 Å². The summed E-state index contributed by atoms with van der Waals surface area (Å²) in [6.45, 7) is 6.94. The van der Waals surface area contributed by atoms with Gasteiger partial charge in [0, 0.05) is 12.1 Å². The zero-order chi connectivity index (χ0) is 8.97. The van der Waals surface area contributed by atoms with Crippen LogP contribution in [-0.4, -0.2) is 12.1 Å². The molecule has 0 aromatic carbocycles. The van der Waals surface area contributed by atoms with Crippen molar-refractivity contribution < 1.29 is 0 Å². The maximum Gasteiger partial charge on any atom is 0.00708 e. The molecule has 2 unspecified atom stereocenters. The quantitative estimate of drug-likeness (QED) is 0.644. The van der Waals surface area contributed by atoms with E-state index in [-0.39, 0.29) is 0 Å². The number of rotatable bonds is 6. The summed E-state index contributed by atoms with van der Waals surface area (Å²) in [5.74, 6) is 0.890. The molecule has 1 aliphatic rings. The third kappa shape index (κ3) is 3.57. The van der Waals surface area contributed by atoms with Gasteiger partial charge in [-0.1, -0.05) is 27.2 Å². The lowest BCUT2D eigenvalue weighted by molar-refractivity contribution is 0.383. The van der Waals surface area contributed by atoms with Crippen LogP contribution in [0.2, 0.25) is 0 Å². The minimum absolute atomic E-state index is 0.785. The van der Waals surface area contributed by atoms with Crippen LogP contribution in [0.4, 0.5) is 0 Å². The predicted octanol–water partition coefficient (Wildman–Crippen LogP) is 2.95. The van der Waals surface area contributed by atoms with Gasteiger partial charge in [-0.3, -0.25) is 0 Å². The Balaban J connectivity index is 2.14.